The second-order valence-electron chi connectivity index (χ2n) is 6.20. The molecule has 0 atom stereocenters. The van der Waals surface area contributed by atoms with Gasteiger partial charge in [0.05, 0.1) is 18.9 Å². The Hall–Kier alpha value is -3.80. The van der Waals surface area contributed by atoms with E-state index < -0.39 is 5.97 Å². The average Bonchev–Trinajstić information content (AvgIpc) is 3.31. The van der Waals surface area contributed by atoms with Gasteiger partial charge in [-0.05, 0) is 54.5 Å². The number of benzene rings is 2. The molecule has 0 fully saturated rings. The molecule has 1 aromatic heterocycles. The SMILES string of the molecule is COc1cccc(/C=C2\Oc3cc(OC(=O)c4ccco4)cc(C)c3C2=O)c1. The van der Waals surface area contributed by atoms with Crippen molar-refractivity contribution in [2.24, 2.45) is 0 Å². The third-order valence-electron chi connectivity index (χ3n) is 4.27. The molecule has 2 heterocycles. The molecule has 0 unspecified atom stereocenters. The first kappa shape index (κ1) is 17.6. The van der Waals surface area contributed by atoms with Crippen molar-refractivity contribution in [3.05, 3.63) is 83.0 Å². The highest BCUT2D eigenvalue weighted by molar-refractivity contribution is 6.15. The number of carbonyl (C=O) groups is 2. The maximum Gasteiger partial charge on any atom is 0.379 e. The first-order valence-electron chi connectivity index (χ1n) is 8.54. The average molecular weight is 376 g/mol. The number of hydrogen-bond acceptors (Lipinski definition) is 6. The molecule has 0 radical (unpaired) electrons. The van der Waals surface area contributed by atoms with Crippen molar-refractivity contribution >= 4 is 17.8 Å². The number of carbonyl (C=O) groups excluding carboxylic acids is 2. The summed E-state index contributed by atoms with van der Waals surface area (Å²) in [5.41, 5.74) is 1.88. The number of aryl methyl sites for hydroxylation is 1. The molecule has 0 bridgehead atoms. The summed E-state index contributed by atoms with van der Waals surface area (Å²) in [5.74, 6) is 0.741. The predicted octanol–water partition coefficient (Wildman–Crippen LogP) is 4.43. The van der Waals surface area contributed by atoms with Gasteiger partial charge in [-0.1, -0.05) is 12.1 Å². The normalized spacial score (nSPS) is 13.9. The number of fused-ring (bicyclic) bond motifs is 1. The van der Waals surface area contributed by atoms with Gasteiger partial charge in [0.25, 0.3) is 0 Å². The first-order valence-corrected chi connectivity index (χ1v) is 8.54. The van der Waals surface area contributed by atoms with E-state index in [1.165, 1.54) is 18.4 Å². The highest BCUT2D eigenvalue weighted by Crippen LogP contribution is 2.37. The molecule has 6 nitrogen and oxygen atoms in total. The predicted molar refractivity (Wildman–Crippen MR) is 101 cm³/mol. The van der Waals surface area contributed by atoms with Crippen LogP contribution in [0, 0.1) is 6.92 Å². The summed E-state index contributed by atoms with van der Waals surface area (Å²) >= 11 is 0. The van der Waals surface area contributed by atoms with Crippen molar-refractivity contribution in [3.8, 4) is 17.2 Å². The summed E-state index contributed by atoms with van der Waals surface area (Å²) in [5, 5.41) is 0. The van der Waals surface area contributed by atoms with E-state index in [0.717, 1.165) is 5.56 Å². The summed E-state index contributed by atoms with van der Waals surface area (Å²) in [6, 6.07) is 13.5. The van der Waals surface area contributed by atoms with Crippen LogP contribution in [0.15, 0.2) is 65.0 Å². The molecule has 0 N–H and O–H groups in total. The van der Waals surface area contributed by atoms with Crippen LogP contribution in [-0.2, 0) is 0 Å². The van der Waals surface area contributed by atoms with Gasteiger partial charge < -0.3 is 18.6 Å². The lowest BCUT2D eigenvalue weighted by Gasteiger charge is -2.06. The van der Waals surface area contributed by atoms with Crippen LogP contribution in [0.1, 0.15) is 32.0 Å². The van der Waals surface area contributed by atoms with E-state index in [0.29, 0.717) is 22.6 Å². The third kappa shape index (κ3) is 3.27. The van der Waals surface area contributed by atoms with Crippen LogP contribution < -0.4 is 14.2 Å². The quantitative estimate of drug-likeness (QED) is 0.381. The second-order valence-corrected chi connectivity index (χ2v) is 6.20. The Balaban J connectivity index is 1.62. The number of methoxy groups -OCH3 is 1. The molecule has 2 aromatic carbocycles. The van der Waals surface area contributed by atoms with Crippen molar-refractivity contribution in [1.82, 2.24) is 0 Å². The number of furan rings is 1. The molecular formula is C22H16O6. The van der Waals surface area contributed by atoms with E-state index in [1.807, 2.05) is 18.2 Å². The Morgan fingerprint density at radius 3 is 2.68 bits per heavy atom. The van der Waals surface area contributed by atoms with Crippen molar-refractivity contribution in [3.63, 3.8) is 0 Å². The Labute approximate surface area is 160 Å². The fourth-order valence-electron chi connectivity index (χ4n) is 2.97. The minimum atomic E-state index is -0.624. The second kappa shape index (κ2) is 7.08. The van der Waals surface area contributed by atoms with Crippen LogP contribution in [0.5, 0.6) is 17.2 Å². The van der Waals surface area contributed by atoms with E-state index in [2.05, 4.69) is 0 Å². The number of Topliss-reactive ketones (excluding diaryl/α,β-unsaturated/α-hetero) is 1. The number of ketones is 1. The van der Waals surface area contributed by atoms with Crippen molar-refractivity contribution in [2.45, 2.75) is 6.92 Å². The molecule has 1 aliphatic heterocycles. The van der Waals surface area contributed by atoms with Crippen LogP contribution in [0.4, 0.5) is 0 Å². The lowest BCUT2D eigenvalue weighted by Crippen LogP contribution is -2.07. The molecule has 0 amide bonds. The number of ether oxygens (including phenoxy) is 3. The zero-order valence-electron chi connectivity index (χ0n) is 15.2. The molecule has 0 saturated heterocycles. The van der Waals surface area contributed by atoms with Crippen LogP contribution in [0.25, 0.3) is 6.08 Å². The molecule has 28 heavy (non-hydrogen) atoms. The number of rotatable bonds is 4. The highest BCUT2D eigenvalue weighted by atomic mass is 16.5. The standard InChI is InChI=1S/C22H16O6/c1-13-9-16(27-22(24)17-7-4-8-26-17)12-18-20(13)21(23)19(28-18)11-14-5-3-6-15(10-14)25-2/h3-12H,1-2H3/b19-11-. The zero-order chi connectivity index (χ0) is 19.7. The van der Waals surface area contributed by atoms with Gasteiger partial charge >= 0.3 is 5.97 Å². The molecule has 6 heteroatoms. The first-order chi connectivity index (χ1) is 13.5. The van der Waals surface area contributed by atoms with E-state index >= 15 is 0 Å². The molecular weight excluding hydrogens is 360 g/mol. The molecule has 140 valence electrons. The summed E-state index contributed by atoms with van der Waals surface area (Å²) in [6.45, 7) is 1.76. The topological polar surface area (TPSA) is 75.0 Å². The lowest BCUT2D eigenvalue weighted by atomic mass is 10.0. The largest absolute Gasteiger partial charge is 0.497 e. The molecule has 0 spiro atoms. The third-order valence-corrected chi connectivity index (χ3v) is 4.27. The molecule has 4 rings (SSSR count). The van der Waals surface area contributed by atoms with E-state index in [1.54, 1.807) is 38.3 Å². The fraction of sp³-hybridized carbons (Fsp3) is 0.0909. The molecule has 0 aliphatic carbocycles. The fourth-order valence-corrected chi connectivity index (χ4v) is 2.97. The number of hydrogen-bond donors (Lipinski definition) is 0. The van der Waals surface area contributed by atoms with Gasteiger partial charge in [0.15, 0.2) is 5.76 Å². The van der Waals surface area contributed by atoms with E-state index in [-0.39, 0.29) is 23.1 Å². The number of esters is 1. The Bertz CT molecular complexity index is 1090. The summed E-state index contributed by atoms with van der Waals surface area (Å²) in [4.78, 5) is 24.8. The maximum absolute atomic E-state index is 12.7. The van der Waals surface area contributed by atoms with Gasteiger partial charge in [-0.2, -0.15) is 0 Å². The zero-order valence-corrected chi connectivity index (χ0v) is 15.2. The van der Waals surface area contributed by atoms with Gasteiger partial charge in [0, 0.05) is 6.07 Å². The maximum atomic E-state index is 12.7. The minimum absolute atomic E-state index is 0.0914. The minimum Gasteiger partial charge on any atom is -0.497 e. The van der Waals surface area contributed by atoms with E-state index in [9.17, 15) is 9.59 Å². The van der Waals surface area contributed by atoms with Crippen LogP contribution in [0.2, 0.25) is 0 Å². The van der Waals surface area contributed by atoms with Crippen LogP contribution in [0.3, 0.4) is 0 Å². The van der Waals surface area contributed by atoms with Crippen LogP contribution >= 0.6 is 0 Å². The van der Waals surface area contributed by atoms with Crippen molar-refractivity contribution < 1.29 is 28.2 Å². The Kier molecular flexibility index (Phi) is 4.45. The van der Waals surface area contributed by atoms with Gasteiger partial charge in [0.2, 0.25) is 11.5 Å². The summed E-state index contributed by atoms with van der Waals surface area (Å²) in [6.07, 6.45) is 3.04. The summed E-state index contributed by atoms with van der Waals surface area (Å²) in [7, 11) is 1.58. The van der Waals surface area contributed by atoms with Gasteiger partial charge in [-0.25, -0.2) is 4.79 Å². The van der Waals surface area contributed by atoms with Crippen molar-refractivity contribution in [1.29, 1.82) is 0 Å². The molecule has 1 aliphatic rings. The lowest BCUT2D eigenvalue weighted by molar-refractivity contribution is 0.0701. The van der Waals surface area contributed by atoms with Crippen LogP contribution in [-0.4, -0.2) is 18.9 Å². The smallest absolute Gasteiger partial charge is 0.379 e. The van der Waals surface area contributed by atoms with Gasteiger partial charge in [0.1, 0.15) is 17.2 Å². The summed E-state index contributed by atoms with van der Waals surface area (Å²) < 4.78 is 21.3. The van der Waals surface area contributed by atoms with E-state index in [4.69, 9.17) is 18.6 Å². The highest BCUT2D eigenvalue weighted by Gasteiger charge is 2.30. The number of allylic oxidation sites excluding steroid dienone is 1. The Morgan fingerprint density at radius 1 is 1.07 bits per heavy atom. The monoisotopic (exact) mass is 376 g/mol. The van der Waals surface area contributed by atoms with Gasteiger partial charge in [-0.3, -0.25) is 4.79 Å². The molecule has 0 saturated carbocycles. The molecule has 3 aromatic rings. The Morgan fingerprint density at radius 2 is 1.93 bits per heavy atom. The van der Waals surface area contributed by atoms with Gasteiger partial charge in [-0.15, -0.1) is 0 Å². The van der Waals surface area contributed by atoms with Crippen molar-refractivity contribution in [2.75, 3.05) is 7.11 Å².